The van der Waals surface area contributed by atoms with Gasteiger partial charge in [-0.2, -0.15) is 0 Å². The molecule has 2 atom stereocenters. The Kier molecular flexibility index (Phi) is 7.54. The van der Waals surface area contributed by atoms with Crippen LogP contribution in [0.15, 0.2) is 71.6 Å². The van der Waals surface area contributed by atoms with E-state index < -0.39 is 22.6 Å². The first kappa shape index (κ1) is 25.6. The van der Waals surface area contributed by atoms with E-state index in [0.29, 0.717) is 17.1 Å². The Bertz CT molecular complexity index is 1270. The summed E-state index contributed by atoms with van der Waals surface area (Å²) in [5.41, 5.74) is 2.02. The van der Waals surface area contributed by atoms with Gasteiger partial charge in [-0.15, -0.1) is 11.8 Å². The van der Waals surface area contributed by atoms with Crippen LogP contribution in [0.3, 0.4) is 0 Å². The number of benzene rings is 3. The number of esters is 1. The van der Waals surface area contributed by atoms with Crippen molar-refractivity contribution < 1.29 is 28.2 Å². The third-order valence-electron chi connectivity index (χ3n) is 6.37. The molecule has 1 fully saturated rings. The average Bonchev–Trinajstić information content (AvgIpc) is 3.16. The third kappa shape index (κ3) is 4.78. The van der Waals surface area contributed by atoms with Crippen LogP contribution in [0.25, 0.3) is 0 Å². The van der Waals surface area contributed by atoms with Gasteiger partial charge in [-0.3, -0.25) is 9.59 Å². The Morgan fingerprint density at radius 1 is 1.06 bits per heavy atom. The summed E-state index contributed by atoms with van der Waals surface area (Å²) >= 11 is 1.23. The van der Waals surface area contributed by atoms with Gasteiger partial charge in [0.25, 0.3) is 0 Å². The molecule has 4 rings (SSSR count). The quantitative estimate of drug-likeness (QED) is 0.383. The number of halogens is 1. The molecule has 36 heavy (non-hydrogen) atoms. The van der Waals surface area contributed by atoms with Crippen molar-refractivity contribution in [3.05, 3.63) is 89.2 Å². The number of amides is 1. The minimum Gasteiger partial charge on any atom is -0.497 e. The number of nitrogens with zero attached hydrogens (tertiary/aromatic N) is 1. The van der Waals surface area contributed by atoms with E-state index >= 15 is 4.39 Å². The summed E-state index contributed by atoms with van der Waals surface area (Å²) < 4.78 is 30.0. The van der Waals surface area contributed by atoms with Gasteiger partial charge in [-0.25, -0.2) is 4.39 Å². The number of thioether (sulfide) groups is 1. The summed E-state index contributed by atoms with van der Waals surface area (Å²) in [6.45, 7) is 2.08. The lowest BCUT2D eigenvalue weighted by Crippen LogP contribution is -2.43. The van der Waals surface area contributed by atoms with E-state index in [4.69, 9.17) is 14.2 Å². The van der Waals surface area contributed by atoms with Crippen LogP contribution in [-0.4, -0.2) is 42.9 Å². The van der Waals surface area contributed by atoms with E-state index in [1.54, 1.807) is 48.4 Å². The Morgan fingerprint density at radius 3 is 2.42 bits per heavy atom. The van der Waals surface area contributed by atoms with E-state index in [1.165, 1.54) is 32.0 Å². The highest BCUT2D eigenvalue weighted by Crippen LogP contribution is 2.54. The second-order valence-corrected chi connectivity index (χ2v) is 10.0. The Hall–Kier alpha value is -3.52. The predicted octanol–water partition coefficient (Wildman–Crippen LogP) is 5.33. The minimum atomic E-state index is -1.40. The molecule has 0 radical (unpaired) electrons. The van der Waals surface area contributed by atoms with E-state index in [2.05, 4.69) is 0 Å². The van der Waals surface area contributed by atoms with Crippen LogP contribution in [0.2, 0.25) is 0 Å². The van der Waals surface area contributed by atoms with Crippen LogP contribution in [0, 0.1) is 12.7 Å². The fourth-order valence-corrected chi connectivity index (χ4v) is 6.01. The zero-order valence-electron chi connectivity index (χ0n) is 20.6. The number of likely N-dealkylation sites (tertiary alicyclic amines) is 1. The normalized spacial score (nSPS) is 19.3. The number of carbonyl (C=O) groups excluding carboxylic acids is 2. The lowest BCUT2D eigenvalue weighted by molar-refractivity contribution is -0.144. The highest BCUT2D eigenvalue weighted by atomic mass is 32.2. The summed E-state index contributed by atoms with van der Waals surface area (Å²) in [6, 6.07) is 18.3. The molecule has 0 aliphatic carbocycles. The summed E-state index contributed by atoms with van der Waals surface area (Å²) in [5.74, 6) is -0.240. The van der Waals surface area contributed by atoms with E-state index in [0.717, 1.165) is 10.5 Å². The molecule has 0 N–H and O–H groups in total. The molecule has 3 aromatic rings. The zero-order valence-corrected chi connectivity index (χ0v) is 21.4. The molecular formula is C28H28FNO5S. The minimum absolute atomic E-state index is 0.109. The van der Waals surface area contributed by atoms with Crippen molar-refractivity contribution in [2.45, 2.75) is 35.6 Å². The topological polar surface area (TPSA) is 65.1 Å². The fourth-order valence-electron chi connectivity index (χ4n) is 4.59. The SMILES string of the molecule is COC(=O)[C@@]1(Sc2ccc(C)cc2)CC(=O)N(Cc2ccc(OC)cc2OC)[C@@H]1c1ccccc1F. The fraction of sp³-hybridized carbons (Fsp3) is 0.286. The molecule has 1 saturated heterocycles. The molecule has 1 aliphatic heterocycles. The van der Waals surface area contributed by atoms with Gasteiger partial charge in [-0.05, 0) is 37.3 Å². The molecule has 3 aromatic carbocycles. The Balaban J connectivity index is 1.86. The van der Waals surface area contributed by atoms with Gasteiger partial charge >= 0.3 is 5.97 Å². The molecule has 188 valence electrons. The summed E-state index contributed by atoms with van der Waals surface area (Å²) in [7, 11) is 4.38. The van der Waals surface area contributed by atoms with Gasteiger partial charge in [0.05, 0.1) is 33.8 Å². The molecule has 1 aliphatic rings. The maximum atomic E-state index is 15.3. The van der Waals surface area contributed by atoms with Crippen LogP contribution < -0.4 is 9.47 Å². The first-order valence-corrected chi connectivity index (χ1v) is 12.2. The Labute approximate surface area is 214 Å². The van der Waals surface area contributed by atoms with Gasteiger partial charge in [0, 0.05) is 28.6 Å². The lowest BCUT2D eigenvalue weighted by Gasteiger charge is -2.36. The number of hydrogen-bond donors (Lipinski definition) is 0. The standard InChI is InChI=1S/C28H28FNO5S/c1-18-9-13-21(14-10-18)36-28(27(32)35-4)16-25(31)30(26(28)22-7-5-6-8-23(22)29)17-19-11-12-20(33-2)15-24(19)34-3/h5-15,26H,16-17H2,1-4H3/t26-,28-/m1/s1. The zero-order chi connectivity index (χ0) is 25.9. The van der Waals surface area contributed by atoms with Crippen molar-refractivity contribution in [2.24, 2.45) is 0 Å². The Morgan fingerprint density at radius 2 is 1.78 bits per heavy atom. The number of hydrogen-bond acceptors (Lipinski definition) is 6. The second kappa shape index (κ2) is 10.6. The van der Waals surface area contributed by atoms with Crippen LogP contribution in [0.1, 0.15) is 29.2 Å². The number of aryl methyl sites for hydroxylation is 1. The first-order chi connectivity index (χ1) is 17.3. The monoisotopic (exact) mass is 509 g/mol. The molecule has 0 saturated carbocycles. The molecule has 0 unspecified atom stereocenters. The van der Waals surface area contributed by atoms with Gasteiger partial charge in [0.2, 0.25) is 5.91 Å². The van der Waals surface area contributed by atoms with Gasteiger partial charge in [0.15, 0.2) is 4.75 Å². The van der Waals surface area contributed by atoms with Crippen LogP contribution in [0.4, 0.5) is 4.39 Å². The van der Waals surface area contributed by atoms with Crippen molar-refractivity contribution >= 4 is 23.6 Å². The molecule has 6 nitrogen and oxygen atoms in total. The van der Waals surface area contributed by atoms with Crippen molar-refractivity contribution in [1.82, 2.24) is 4.90 Å². The van der Waals surface area contributed by atoms with Gasteiger partial charge in [0.1, 0.15) is 17.3 Å². The third-order valence-corrected chi connectivity index (χ3v) is 7.78. The molecular weight excluding hydrogens is 481 g/mol. The van der Waals surface area contributed by atoms with Crippen molar-refractivity contribution in [3.8, 4) is 11.5 Å². The molecule has 8 heteroatoms. The number of ether oxygens (including phenoxy) is 3. The van der Waals surface area contributed by atoms with Crippen molar-refractivity contribution in [3.63, 3.8) is 0 Å². The molecule has 1 amide bonds. The van der Waals surface area contributed by atoms with Crippen molar-refractivity contribution in [1.29, 1.82) is 0 Å². The van der Waals surface area contributed by atoms with Gasteiger partial charge < -0.3 is 19.1 Å². The van der Waals surface area contributed by atoms with Crippen LogP contribution >= 0.6 is 11.8 Å². The maximum absolute atomic E-state index is 15.3. The average molecular weight is 510 g/mol. The molecule has 0 spiro atoms. The van der Waals surface area contributed by atoms with Crippen LogP contribution in [0.5, 0.6) is 11.5 Å². The van der Waals surface area contributed by atoms with Gasteiger partial charge in [-0.1, -0.05) is 35.9 Å². The molecule has 1 heterocycles. The highest BCUT2D eigenvalue weighted by molar-refractivity contribution is 8.01. The van der Waals surface area contributed by atoms with Crippen LogP contribution in [-0.2, 0) is 20.9 Å². The summed E-state index contributed by atoms with van der Waals surface area (Å²) in [5, 5.41) is 0. The molecule has 0 bridgehead atoms. The van der Waals surface area contributed by atoms with E-state index in [9.17, 15) is 9.59 Å². The molecule has 0 aromatic heterocycles. The largest absolute Gasteiger partial charge is 0.497 e. The van der Waals surface area contributed by atoms with Crippen molar-refractivity contribution in [2.75, 3.05) is 21.3 Å². The summed E-state index contributed by atoms with van der Waals surface area (Å²) in [6.07, 6.45) is -0.143. The maximum Gasteiger partial charge on any atom is 0.325 e. The highest BCUT2D eigenvalue weighted by Gasteiger charge is 2.59. The lowest BCUT2D eigenvalue weighted by atomic mass is 9.92. The second-order valence-electron chi connectivity index (χ2n) is 8.60. The van der Waals surface area contributed by atoms with E-state index in [1.807, 2.05) is 31.2 Å². The predicted molar refractivity (Wildman–Crippen MR) is 136 cm³/mol. The number of methoxy groups -OCH3 is 3. The van der Waals surface area contributed by atoms with E-state index in [-0.39, 0.29) is 24.4 Å². The first-order valence-electron chi connectivity index (χ1n) is 11.4. The number of rotatable bonds is 8. The summed E-state index contributed by atoms with van der Waals surface area (Å²) in [4.78, 5) is 29.4. The smallest absolute Gasteiger partial charge is 0.325 e. The number of carbonyl (C=O) groups is 2.